The third-order valence-corrected chi connectivity index (χ3v) is 5.64. The van der Waals surface area contributed by atoms with Crippen LogP contribution in [0.5, 0.6) is 0 Å². The molecule has 3 atom stereocenters. The van der Waals surface area contributed by atoms with Gasteiger partial charge in [0, 0.05) is 38.5 Å². The highest BCUT2D eigenvalue weighted by Gasteiger charge is 2.45. The Hall–Kier alpha value is -1.50. The number of nitrogens with zero attached hydrogens (tertiary/aromatic N) is 2. The van der Waals surface area contributed by atoms with Gasteiger partial charge in [0.15, 0.2) is 0 Å². The Morgan fingerprint density at radius 1 is 1.21 bits per heavy atom. The zero-order valence-corrected chi connectivity index (χ0v) is 13.9. The fraction of sp³-hybridized carbons (Fsp3) is 0.667. The van der Waals surface area contributed by atoms with E-state index in [1.165, 1.54) is 0 Å². The number of pyridine rings is 1. The van der Waals surface area contributed by atoms with Gasteiger partial charge in [0.1, 0.15) is 0 Å². The zero-order valence-electron chi connectivity index (χ0n) is 13.9. The first kappa shape index (κ1) is 16.0. The second kappa shape index (κ2) is 7.17. The van der Waals surface area contributed by atoms with Crippen LogP contribution in [0.1, 0.15) is 12.8 Å². The van der Waals surface area contributed by atoms with Gasteiger partial charge in [-0.05, 0) is 36.8 Å². The average molecular weight is 331 g/mol. The second-order valence-electron chi connectivity index (χ2n) is 7.10. The van der Waals surface area contributed by atoms with Gasteiger partial charge >= 0.3 is 0 Å². The number of likely N-dealkylation sites (tertiary alicyclic amines) is 1. The average Bonchev–Trinajstić information content (AvgIpc) is 3.07. The second-order valence-corrected chi connectivity index (χ2v) is 7.10. The minimum atomic E-state index is -0.0752. The van der Waals surface area contributed by atoms with E-state index in [0.29, 0.717) is 24.5 Å². The first-order valence-electron chi connectivity index (χ1n) is 8.91. The third kappa shape index (κ3) is 3.31. The summed E-state index contributed by atoms with van der Waals surface area (Å²) in [7, 11) is 0. The van der Waals surface area contributed by atoms with Crippen LogP contribution in [-0.2, 0) is 14.3 Å². The van der Waals surface area contributed by atoms with Crippen LogP contribution in [0, 0.1) is 17.8 Å². The highest BCUT2D eigenvalue weighted by Crippen LogP contribution is 2.36. The summed E-state index contributed by atoms with van der Waals surface area (Å²) in [6.07, 6.45) is 5.60. The first-order chi connectivity index (χ1) is 11.8. The summed E-state index contributed by atoms with van der Waals surface area (Å²) >= 11 is 0. The maximum atomic E-state index is 12.7. The molecule has 3 saturated heterocycles. The largest absolute Gasteiger partial charge is 0.381 e. The Balaban J connectivity index is 1.42. The number of hydrogen-bond donors (Lipinski definition) is 1. The number of amides is 1. The molecule has 0 spiro atoms. The highest BCUT2D eigenvalue weighted by atomic mass is 16.5. The molecule has 3 aliphatic rings. The van der Waals surface area contributed by atoms with Crippen molar-refractivity contribution in [3.8, 4) is 0 Å². The molecule has 0 bridgehead atoms. The standard InChI is InChI=1S/C18H25N3O3/c22-18(20-14-2-1-5-19-8-14)17-12-24-11-13-9-21(10-16(13)17)15-3-6-23-7-4-15/h1-2,5,8,13,15-17H,3-4,6-7,9-12H2,(H,20,22)/t13-,16-,17-/m1/s1. The summed E-state index contributed by atoms with van der Waals surface area (Å²) in [4.78, 5) is 19.4. The number of ether oxygens (including phenoxy) is 2. The summed E-state index contributed by atoms with van der Waals surface area (Å²) in [5, 5.41) is 3.00. The van der Waals surface area contributed by atoms with Gasteiger partial charge in [0.25, 0.3) is 0 Å². The molecule has 1 aromatic rings. The van der Waals surface area contributed by atoms with E-state index >= 15 is 0 Å². The van der Waals surface area contributed by atoms with Crippen molar-refractivity contribution in [2.75, 3.05) is 44.8 Å². The Kier molecular flexibility index (Phi) is 4.78. The lowest BCUT2D eigenvalue weighted by Crippen LogP contribution is -2.42. The van der Waals surface area contributed by atoms with Crippen molar-refractivity contribution in [1.82, 2.24) is 9.88 Å². The van der Waals surface area contributed by atoms with Crippen molar-refractivity contribution in [2.24, 2.45) is 17.8 Å². The molecule has 0 aliphatic carbocycles. The fourth-order valence-electron chi connectivity index (χ4n) is 4.32. The number of rotatable bonds is 3. The minimum absolute atomic E-state index is 0.0616. The monoisotopic (exact) mass is 331 g/mol. The van der Waals surface area contributed by atoms with Gasteiger partial charge in [-0.3, -0.25) is 14.7 Å². The van der Waals surface area contributed by atoms with Crippen LogP contribution in [-0.4, -0.2) is 61.3 Å². The molecule has 1 aromatic heterocycles. The summed E-state index contributed by atoms with van der Waals surface area (Å²) in [6.45, 7) is 5.07. The van der Waals surface area contributed by atoms with E-state index < -0.39 is 0 Å². The van der Waals surface area contributed by atoms with Crippen LogP contribution in [0.25, 0.3) is 0 Å². The summed E-state index contributed by atoms with van der Waals surface area (Å²) in [5.41, 5.74) is 0.754. The summed E-state index contributed by atoms with van der Waals surface area (Å²) < 4.78 is 11.2. The summed E-state index contributed by atoms with van der Waals surface area (Å²) in [6, 6.07) is 4.30. The number of nitrogens with one attached hydrogen (secondary N) is 1. The van der Waals surface area contributed by atoms with Crippen LogP contribution in [0.2, 0.25) is 0 Å². The van der Waals surface area contributed by atoms with Gasteiger partial charge in [-0.25, -0.2) is 0 Å². The van der Waals surface area contributed by atoms with E-state index in [0.717, 1.165) is 51.4 Å². The Morgan fingerprint density at radius 2 is 2.08 bits per heavy atom. The maximum absolute atomic E-state index is 12.7. The van der Waals surface area contributed by atoms with Gasteiger partial charge in [-0.15, -0.1) is 0 Å². The lowest BCUT2D eigenvalue weighted by Gasteiger charge is -2.32. The van der Waals surface area contributed by atoms with Crippen LogP contribution in [0.15, 0.2) is 24.5 Å². The van der Waals surface area contributed by atoms with E-state index in [4.69, 9.17) is 9.47 Å². The van der Waals surface area contributed by atoms with Crippen LogP contribution >= 0.6 is 0 Å². The van der Waals surface area contributed by atoms with Crippen LogP contribution in [0.4, 0.5) is 5.69 Å². The zero-order chi connectivity index (χ0) is 16.4. The van der Waals surface area contributed by atoms with E-state index in [9.17, 15) is 4.79 Å². The lowest BCUT2D eigenvalue weighted by molar-refractivity contribution is -0.128. The molecule has 130 valence electrons. The van der Waals surface area contributed by atoms with Crippen molar-refractivity contribution >= 4 is 11.6 Å². The number of hydrogen-bond acceptors (Lipinski definition) is 5. The molecule has 6 nitrogen and oxygen atoms in total. The van der Waals surface area contributed by atoms with E-state index in [-0.39, 0.29) is 11.8 Å². The van der Waals surface area contributed by atoms with E-state index in [2.05, 4.69) is 15.2 Å². The Labute approximate surface area is 142 Å². The normalized spacial score (nSPS) is 31.6. The van der Waals surface area contributed by atoms with Crippen molar-refractivity contribution < 1.29 is 14.3 Å². The van der Waals surface area contributed by atoms with Crippen LogP contribution < -0.4 is 5.32 Å². The van der Waals surface area contributed by atoms with Gasteiger partial charge < -0.3 is 14.8 Å². The topological polar surface area (TPSA) is 63.7 Å². The van der Waals surface area contributed by atoms with Crippen LogP contribution in [0.3, 0.4) is 0 Å². The number of fused-ring (bicyclic) bond motifs is 1. The third-order valence-electron chi connectivity index (χ3n) is 5.64. The maximum Gasteiger partial charge on any atom is 0.230 e. The molecule has 3 fully saturated rings. The number of carbonyl (C=O) groups is 1. The molecular weight excluding hydrogens is 306 g/mol. The Bertz CT molecular complexity index is 562. The molecule has 24 heavy (non-hydrogen) atoms. The molecule has 0 saturated carbocycles. The van der Waals surface area contributed by atoms with Crippen molar-refractivity contribution in [1.29, 1.82) is 0 Å². The molecule has 0 unspecified atom stereocenters. The van der Waals surface area contributed by atoms with Crippen molar-refractivity contribution in [2.45, 2.75) is 18.9 Å². The van der Waals surface area contributed by atoms with Gasteiger partial charge in [-0.1, -0.05) is 0 Å². The number of aromatic nitrogens is 1. The SMILES string of the molecule is O=C(Nc1cccnc1)[C@@H]1COC[C@H]2CN(C3CCOCC3)C[C@H]21. The molecular formula is C18H25N3O3. The molecule has 0 radical (unpaired) electrons. The van der Waals surface area contributed by atoms with E-state index in [1.54, 1.807) is 12.4 Å². The van der Waals surface area contributed by atoms with E-state index in [1.807, 2.05) is 12.1 Å². The predicted molar refractivity (Wildman–Crippen MR) is 89.6 cm³/mol. The smallest absolute Gasteiger partial charge is 0.230 e. The minimum Gasteiger partial charge on any atom is -0.381 e. The molecule has 6 heteroatoms. The quantitative estimate of drug-likeness (QED) is 0.907. The predicted octanol–water partition coefficient (Wildman–Crippen LogP) is 1.39. The van der Waals surface area contributed by atoms with Gasteiger partial charge in [0.2, 0.25) is 5.91 Å². The summed E-state index contributed by atoms with van der Waals surface area (Å²) in [5.74, 6) is 0.838. The highest BCUT2D eigenvalue weighted by molar-refractivity contribution is 5.92. The van der Waals surface area contributed by atoms with Crippen molar-refractivity contribution in [3.05, 3.63) is 24.5 Å². The number of carbonyl (C=O) groups excluding carboxylic acids is 1. The molecule has 4 rings (SSSR count). The Morgan fingerprint density at radius 3 is 2.88 bits per heavy atom. The molecule has 0 aromatic carbocycles. The lowest BCUT2D eigenvalue weighted by atomic mass is 9.82. The first-order valence-corrected chi connectivity index (χ1v) is 8.91. The van der Waals surface area contributed by atoms with Crippen molar-refractivity contribution in [3.63, 3.8) is 0 Å². The fourth-order valence-corrected chi connectivity index (χ4v) is 4.32. The molecule has 4 heterocycles. The van der Waals surface area contributed by atoms with Gasteiger partial charge in [0.05, 0.1) is 31.0 Å². The molecule has 1 amide bonds. The molecule has 3 aliphatic heterocycles. The number of anilines is 1. The molecule has 1 N–H and O–H groups in total. The van der Waals surface area contributed by atoms with Gasteiger partial charge in [-0.2, -0.15) is 0 Å².